The van der Waals surface area contributed by atoms with Gasteiger partial charge in [0.15, 0.2) is 0 Å². The fourth-order valence-electron chi connectivity index (χ4n) is 2.78. The van der Waals surface area contributed by atoms with E-state index in [-0.39, 0.29) is 11.9 Å². The third kappa shape index (κ3) is 2.82. The number of aryl methyl sites for hydroxylation is 2. The van der Waals surface area contributed by atoms with Gasteiger partial charge in [-0.3, -0.25) is 0 Å². The number of benzene rings is 2. The molecule has 20 heavy (non-hydrogen) atoms. The van der Waals surface area contributed by atoms with Crippen LogP contribution in [0.1, 0.15) is 36.1 Å². The maximum absolute atomic E-state index is 13.1. The van der Waals surface area contributed by atoms with Gasteiger partial charge in [-0.1, -0.05) is 18.2 Å². The summed E-state index contributed by atoms with van der Waals surface area (Å²) in [7, 11) is 0. The van der Waals surface area contributed by atoms with Crippen LogP contribution in [0.2, 0.25) is 0 Å². The quantitative estimate of drug-likeness (QED) is 0.731. The fourth-order valence-corrected chi connectivity index (χ4v) is 3.42. The van der Waals surface area contributed by atoms with Crippen molar-refractivity contribution in [2.45, 2.75) is 32.2 Å². The Balaban J connectivity index is 1.80. The van der Waals surface area contributed by atoms with Crippen molar-refractivity contribution in [2.75, 3.05) is 5.32 Å². The molecule has 1 nitrogen and oxygen atoms in total. The Hall–Kier alpha value is -1.10. The van der Waals surface area contributed by atoms with Crippen LogP contribution in [0.15, 0.2) is 36.4 Å². The van der Waals surface area contributed by atoms with Crippen LogP contribution in [0.3, 0.4) is 0 Å². The first kappa shape index (κ1) is 13.9. The zero-order valence-electron chi connectivity index (χ0n) is 11.4. The number of hydrogen-bond acceptors (Lipinski definition) is 1. The van der Waals surface area contributed by atoms with E-state index in [9.17, 15) is 4.39 Å². The molecule has 0 heterocycles. The molecule has 0 fully saturated rings. The highest BCUT2D eigenvalue weighted by molar-refractivity contribution is 14.1. The number of fused-ring (bicyclic) bond motifs is 1. The fraction of sp³-hybridized carbons (Fsp3) is 0.294. The standard InChI is InChI=1S/C17H17FIN/c1-11(20-17-8-7-15(18)10-16(17)19)13-6-5-12-3-2-4-14(12)9-13/h5-11,20H,2-4H2,1H3. The number of anilines is 1. The van der Waals surface area contributed by atoms with Crippen LogP contribution < -0.4 is 5.32 Å². The summed E-state index contributed by atoms with van der Waals surface area (Å²) >= 11 is 2.17. The lowest BCUT2D eigenvalue weighted by molar-refractivity contribution is 0.627. The molecule has 104 valence electrons. The summed E-state index contributed by atoms with van der Waals surface area (Å²) in [6.07, 6.45) is 3.69. The molecule has 0 aromatic heterocycles. The van der Waals surface area contributed by atoms with Gasteiger partial charge in [-0.25, -0.2) is 4.39 Å². The molecule has 0 saturated carbocycles. The molecule has 2 aromatic carbocycles. The lowest BCUT2D eigenvalue weighted by atomic mass is 10.0. The predicted molar refractivity (Wildman–Crippen MR) is 89.6 cm³/mol. The van der Waals surface area contributed by atoms with E-state index < -0.39 is 0 Å². The highest BCUT2D eigenvalue weighted by atomic mass is 127. The van der Waals surface area contributed by atoms with E-state index in [1.165, 1.54) is 42.0 Å². The summed E-state index contributed by atoms with van der Waals surface area (Å²) in [5, 5.41) is 3.47. The third-order valence-corrected chi connectivity index (χ3v) is 4.82. The molecule has 1 N–H and O–H groups in total. The van der Waals surface area contributed by atoms with Gasteiger partial charge in [0.05, 0.1) is 0 Å². The highest BCUT2D eigenvalue weighted by Crippen LogP contribution is 2.28. The van der Waals surface area contributed by atoms with Gasteiger partial charge in [-0.2, -0.15) is 0 Å². The second-order valence-corrected chi connectivity index (χ2v) is 6.53. The molecule has 0 spiro atoms. The van der Waals surface area contributed by atoms with Crippen LogP contribution in [0.4, 0.5) is 10.1 Å². The zero-order chi connectivity index (χ0) is 14.1. The molecule has 3 rings (SSSR count). The predicted octanol–water partition coefficient (Wildman–Crippen LogP) is 5.09. The normalized spacial score (nSPS) is 14.9. The molecular formula is C17H17FIN. The summed E-state index contributed by atoms with van der Waals surface area (Å²) in [5.74, 6) is -0.190. The van der Waals surface area contributed by atoms with Gasteiger partial charge in [0.2, 0.25) is 0 Å². The van der Waals surface area contributed by atoms with Gasteiger partial charge in [0.25, 0.3) is 0 Å². The van der Waals surface area contributed by atoms with E-state index in [2.05, 4.69) is 53.0 Å². The maximum Gasteiger partial charge on any atom is 0.124 e. The third-order valence-electron chi connectivity index (χ3n) is 3.93. The summed E-state index contributed by atoms with van der Waals surface area (Å²) in [4.78, 5) is 0. The summed E-state index contributed by atoms with van der Waals surface area (Å²) < 4.78 is 14.0. The van der Waals surface area contributed by atoms with Crippen LogP contribution >= 0.6 is 22.6 Å². The number of nitrogens with one attached hydrogen (secondary N) is 1. The van der Waals surface area contributed by atoms with E-state index in [1.54, 1.807) is 12.1 Å². The second kappa shape index (κ2) is 5.72. The van der Waals surface area contributed by atoms with Crippen molar-refractivity contribution in [2.24, 2.45) is 0 Å². The number of hydrogen-bond donors (Lipinski definition) is 1. The maximum atomic E-state index is 13.1. The van der Waals surface area contributed by atoms with Crippen molar-refractivity contribution in [3.8, 4) is 0 Å². The molecule has 0 aliphatic heterocycles. The van der Waals surface area contributed by atoms with Gasteiger partial charge < -0.3 is 5.32 Å². The van der Waals surface area contributed by atoms with E-state index in [4.69, 9.17) is 0 Å². The molecule has 0 radical (unpaired) electrons. The van der Waals surface area contributed by atoms with Crippen LogP contribution in [0.25, 0.3) is 0 Å². The largest absolute Gasteiger partial charge is 0.378 e. The Kier molecular flexibility index (Phi) is 3.96. The topological polar surface area (TPSA) is 12.0 Å². The Morgan fingerprint density at radius 1 is 1.10 bits per heavy atom. The number of rotatable bonds is 3. The molecule has 0 amide bonds. The molecule has 1 unspecified atom stereocenters. The zero-order valence-corrected chi connectivity index (χ0v) is 13.6. The Labute approximate surface area is 132 Å². The first-order chi connectivity index (χ1) is 9.63. The first-order valence-electron chi connectivity index (χ1n) is 6.97. The molecule has 3 heteroatoms. The minimum absolute atomic E-state index is 0.190. The van der Waals surface area contributed by atoms with E-state index >= 15 is 0 Å². The van der Waals surface area contributed by atoms with E-state index in [0.29, 0.717) is 0 Å². The summed E-state index contributed by atoms with van der Waals surface area (Å²) in [5.41, 5.74) is 5.27. The van der Waals surface area contributed by atoms with Crippen molar-refractivity contribution >= 4 is 28.3 Å². The van der Waals surface area contributed by atoms with Crippen LogP contribution in [0, 0.1) is 9.39 Å². The lowest BCUT2D eigenvalue weighted by Gasteiger charge is -2.18. The summed E-state index contributed by atoms with van der Waals surface area (Å²) in [6.45, 7) is 2.15. The van der Waals surface area contributed by atoms with Crippen molar-refractivity contribution in [1.29, 1.82) is 0 Å². The van der Waals surface area contributed by atoms with Gasteiger partial charge in [-0.15, -0.1) is 0 Å². The average molecular weight is 381 g/mol. The molecule has 0 bridgehead atoms. The molecule has 1 atom stereocenters. The molecule has 2 aromatic rings. The molecule has 0 saturated heterocycles. The summed E-state index contributed by atoms with van der Waals surface area (Å²) in [6, 6.07) is 11.9. The Morgan fingerprint density at radius 3 is 2.70 bits per heavy atom. The van der Waals surface area contributed by atoms with Gasteiger partial charge in [0, 0.05) is 15.3 Å². The lowest BCUT2D eigenvalue weighted by Crippen LogP contribution is -2.08. The second-order valence-electron chi connectivity index (χ2n) is 5.37. The highest BCUT2D eigenvalue weighted by Gasteiger charge is 2.14. The van der Waals surface area contributed by atoms with Crippen LogP contribution in [-0.2, 0) is 12.8 Å². The molecular weight excluding hydrogens is 364 g/mol. The van der Waals surface area contributed by atoms with E-state index in [0.717, 1.165) is 9.26 Å². The monoisotopic (exact) mass is 381 g/mol. The van der Waals surface area contributed by atoms with Gasteiger partial charge in [-0.05, 0) is 83.7 Å². The number of halogens is 2. The van der Waals surface area contributed by atoms with Gasteiger partial charge >= 0.3 is 0 Å². The van der Waals surface area contributed by atoms with Crippen molar-refractivity contribution < 1.29 is 4.39 Å². The van der Waals surface area contributed by atoms with Crippen LogP contribution in [0.5, 0.6) is 0 Å². The smallest absolute Gasteiger partial charge is 0.124 e. The SMILES string of the molecule is CC(Nc1ccc(F)cc1I)c1ccc2c(c1)CCC2. The molecule has 1 aliphatic carbocycles. The van der Waals surface area contributed by atoms with Crippen molar-refractivity contribution in [3.05, 3.63) is 62.5 Å². The van der Waals surface area contributed by atoms with Crippen molar-refractivity contribution in [1.82, 2.24) is 0 Å². The van der Waals surface area contributed by atoms with Crippen LogP contribution in [-0.4, -0.2) is 0 Å². The Morgan fingerprint density at radius 2 is 1.90 bits per heavy atom. The first-order valence-corrected chi connectivity index (χ1v) is 8.04. The van der Waals surface area contributed by atoms with Crippen molar-refractivity contribution in [3.63, 3.8) is 0 Å². The Bertz CT molecular complexity index is 639. The minimum Gasteiger partial charge on any atom is -0.378 e. The van der Waals surface area contributed by atoms with Gasteiger partial charge in [0.1, 0.15) is 5.82 Å². The van der Waals surface area contributed by atoms with E-state index in [1.807, 2.05) is 0 Å². The average Bonchev–Trinajstić information content (AvgIpc) is 2.89. The minimum atomic E-state index is -0.190. The molecule has 1 aliphatic rings.